The van der Waals surface area contributed by atoms with Gasteiger partial charge in [-0.15, -0.1) is 0 Å². The first kappa shape index (κ1) is 18.0. The van der Waals surface area contributed by atoms with E-state index in [0.29, 0.717) is 45.1 Å². The molecule has 0 atom stereocenters. The number of hydrogen-bond donors (Lipinski definition) is 1. The molecule has 1 N–H and O–H groups in total. The van der Waals surface area contributed by atoms with E-state index in [0.717, 1.165) is 0 Å². The lowest BCUT2D eigenvalue weighted by Gasteiger charge is -2.08. The molecule has 0 saturated carbocycles. The van der Waals surface area contributed by atoms with Crippen LogP contribution in [0.3, 0.4) is 0 Å². The first-order valence-electron chi connectivity index (χ1n) is 8.21. The Balaban J connectivity index is 2.21. The van der Waals surface area contributed by atoms with Crippen LogP contribution in [0.1, 0.15) is 28.5 Å². The molecule has 0 aliphatic heterocycles. The Kier molecular flexibility index (Phi) is 5.00. The molecule has 0 fully saturated rings. The van der Waals surface area contributed by atoms with Crippen LogP contribution in [-0.4, -0.2) is 28.2 Å². The number of carboxylic acids is 1. The fourth-order valence-electron chi connectivity index (χ4n) is 3.08. The van der Waals surface area contributed by atoms with Crippen molar-refractivity contribution >= 4 is 34.4 Å². The third-order valence-corrected chi connectivity index (χ3v) is 4.49. The summed E-state index contributed by atoms with van der Waals surface area (Å²) in [6, 6.07) is 12.0. The molecule has 0 aliphatic carbocycles. The van der Waals surface area contributed by atoms with Crippen LogP contribution in [0.4, 0.5) is 0 Å². The zero-order valence-corrected chi connectivity index (χ0v) is 15.2. The number of aromatic nitrogens is 1. The molecule has 3 aromatic rings. The molecule has 134 valence electrons. The average Bonchev–Trinajstić information content (AvgIpc) is 2.87. The number of hydrogen-bond acceptors (Lipinski definition) is 3. The van der Waals surface area contributed by atoms with Gasteiger partial charge in [0.05, 0.1) is 18.5 Å². The summed E-state index contributed by atoms with van der Waals surface area (Å²) in [5.74, 6) is -0.541. The van der Waals surface area contributed by atoms with E-state index in [4.69, 9.17) is 16.3 Å². The van der Waals surface area contributed by atoms with Crippen molar-refractivity contribution < 1.29 is 19.4 Å². The topological polar surface area (TPSA) is 68.5 Å². The van der Waals surface area contributed by atoms with Crippen molar-refractivity contribution in [3.8, 4) is 5.75 Å². The van der Waals surface area contributed by atoms with Crippen molar-refractivity contribution in [1.29, 1.82) is 0 Å². The van der Waals surface area contributed by atoms with E-state index < -0.39 is 5.97 Å². The maximum Gasteiger partial charge on any atom is 0.307 e. The standard InChI is InChI=1S/C20H18ClNO4/c1-3-26-15-8-9-18-17(10-15)16(11-19(23)24)12(2)22(18)20(25)13-4-6-14(21)7-5-13/h4-10H,3,11H2,1-2H3,(H,23,24). The SMILES string of the molecule is CCOc1ccc2c(c1)c(CC(=O)O)c(C)n2C(=O)c1ccc(Cl)cc1. The second kappa shape index (κ2) is 7.22. The first-order chi connectivity index (χ1) is 12.4. The summed E-state index contributed by atoms with van der Waals surface area (Å²) in [5.41, 5.74) is 2.35. The highest BCUT2D eigenvalue weighted by molar-refractivity contribution is 6.30. The maximum atomic E-state index is 13.0. The van der Waals surface area contributed by atoms with E-state index in [9.17, 15) is 14.7 Å². The predicted molar refractivity (Wildman–Crippen MR) is 100 cm³/mol. The Bertz CT molecular complexity index is 989. The molecular formula is C20H18ClNO4. The summed E-state index contributed by atoms with van der Waals surface area (Å²) < 4.78 is 7.07. The zero-order valence-electron chi connectivity index (χ0n) is 14.5. The molecule has 0 spiro atoms. The fourth-order valence-corrected chi connectivity index (χ4v) is 3.20. The lowest BCUT2D eigenvalue weighted by molar-refractivity contribution is -0.136. The first-order valence-corrected chi connectivity index (χ1v) is 8.59. The van der Waals surface area contributed by atoms with Crippen LogP contribution in [0.2, 0.25) is 5.02 Å². The van der Waals surface area contributed by atoms with E-state index in [2.05, 4.69) is 0 Å². The van der Waals surface area contributed by atoms with Crippen molar-refractivity contribution in [3.63, 3.8) is 0 Å². The van der Waals surface area contributed by atoms with Gasteiger partial charge >= 0.3 is 5.97 Å². The quantitative estimate of drug-likeness (QED) is 0.725. The van der Waals surface area contributed by atoms with Gasteiger partial charge in [-0.2, -0.15) is 0 Å². The average molecular weight is 372 g/mol. The Labute approximate surface area is 155 Å². The van der Waals surface area contributed by atoms with Gasteiger partial charge in [-0.3, -0.25) is 14.2 Å². The molecular weight excluding hydrogens is 354 g/mol. The minimum Gasteiger partial charge on any atom is -0.494 e. The molecule has 1 heterocycles. The molecule has 0 saturated heterocycles. The lowest BCUT2D eigenvalue weighted by atomic mass is 10.1. The fraction of sp³-hybridized carbons (Fsp3) is 0.200. The number of carbonyl (C=O) groups excluding carboxylic acids is 1. The zero-order chi connectivity index (χ0) is 18.8. The van der Waals surface area contributed by atoms with Crippen molar-refractivity contribution in [1.82, 2.24) is 4.57 Å². The van der Waals surface area contributed by atoms with E-state index >= 15 is 0 Å². The molecule has 1 aromatic heterocycles. The van der Waals surface area contributed by atoms with Crippen LogP contribution in [-0.2, 0) is 11.2 Å². The Morgan fingerprint density at radius 3 is 2.46 bits per heavy atom. The van der Waals surface area contributed by atoms with Crippen molar-refractivity contribution in [3.05, 3.63) is 64.3 Å². The molecule has 6 heteroatoms. The third kappa shape index (κ3) is 3.30. The van der Waals surface area contributed by atoms with Gasteiger partial charge in [0, 0.05) is 21.7 Å². The second-order valence-corrected chi connectivity index (χ2v) is 6.33. The van der Waals surface area contributed by atoms with E-state index in [1.807, 2.05) is 6.92 Å². The van der Waals surface area contributed by atoms with Crippen LogP contribution in [0.15, 0.2) is 42.5 Å². The van der Waals surface area contributed by atoms with Gasteiger partial charge in [-0.05, 0) is 61.9 Å². The molecule has 2 aromatic carbocycles. The summed E-state index contributed by atoms with van der Waals surface area (Å²) in [4.78, 5) is 24.4. The summed E-state index contributed by atoms with van der Waals surface area (Å²) in [6.07, 6.45) is -0.168. The molecule has 0 bridgehead atoms. The molecule has 0 radical (unpaired) electrons. The highest BCUT2D eigenvalue weighted by Crippen LogP contribution is 2.31. The minimum absolute atomic E-state index is 0.168. The van der Waals surface area contributed by atoms with Gasteiger partial charge in [0.15, 0.2) is 0 Å². The van der Waals surface area contributed by atoms with Gasteiger partial charge in [-0.1, -0.05) is 11.6 Å². The number of halogens is 1. The number of rotatable bonds is 5. The Hall–Kier alpha value is -2.79. The molecule has 3 rings (SSSR count). The van der Waals surface area contributed by atoms with Crippen molar-refractivity contribution in [2.75, 3.05) is 6.61 Å². The van der Waals surface area contributed by atoms with Gasteiger partial charge in [0.1, 0.15) is 5.75 Å². The van der Waals surface area contributed by atoms with Crippen molar-refractivity contribution in [2.24, 2.45) is 0 Å². The smallest absolute Gasteiger partial charge is 0.307 e. The monoisotopic (exact) mass is 371 g/mol. The third-order valence-electron chi connectivity index (χ3n) is 4.24. The largest absolute Gasteiger partial charge is 0.494 e. The van der Waals surface area contributed by atoms with Gasteiger partial charge in [-0.25, -0.2) is 0 Å². The normalized spacial score (nSPS) is 10.9. The van der Waals surface area contributed by atoms with Crippen LogP contribution in [0, 0.1) is 6.92 Å². The highest BCUT2D eigenvalue weighted by atomic mass is 35.5. The van der Waals surface area contributed by atoms with Crippen molar-refractivity contribution in [2.45, 2.75) is 20.3 Å². The minimum atomic E-state index is -0.951. The van der Waals surface area contributed by atoms with Crippen LogP contribution >= 0.6 is 11.6 Å². The van der Waals surface area contributed by atoms with Crippen LogP contribution < -0.4 is 4.74 Å². The van der Waals surface area contributed by atoms with Gasteiger partial charge in [0.2, 0.25) is 0 Å². The number of aliphatic carboxylic acids is 1. The maximum absolute atomic E-state index is 13.0. The predicted octanol–water partition coefficient (Wildman–Crippen LogP) is 4.32. The molecule has 0 amide bonds. The van der Waals surface area contributed by atoms with Crippen LogP contribution in [0.25, 0.3) is 10.9 Å². The second-order valence-electron chi connectivity index (χ2n) is 5.89. The van der Waals surface area contributed by atoms with Crippen LogP contribution in [0.5, 0.6) is 5.75 Å². The number of fused-ring (bicyclic) bond motifs is 1. The van der Waals surface area contributed by atoms with Gasteiger partial charge < -0.3 is 9.84 Å². The Morgan fingerprint density at radius 2 is 1.85 bits per heavy atom. The number of ether oxygens (including phenoxy) is 1. The van der Waals surface area contributed by atoms with E-state index in [1.54, 1.807) is 54.0 Å². The molecule has 5 nitrogen and oxygen atoms in total. The molecule has 0 aliphatic rings. The highest BCUT2D eigenvalue weighted by Gasteiger charge is 2.21. The lowest BCUT2D eigenvalue weighted by Crippen LogP contribution is -2.14. The number of benzene rings is 2. The molecule has 0 unspecified atom stereocenters. The Morgan fingerprint density at radius 1 is 1.15 bits per heavy atom. The summed E-state index contributed by atoms with van der Waals surface area (Å²) in [5, 5.41) is 10.5. The number of carbonyl (C=O) groups is 2. The summed E-state index contributed by atoms with van der Waals surface area (Å²) in [6.45, 7) is 4.14. The number of nitrogens with zero attached hydrogens (tertiary/aromatic N) is 1. The summed E-state index contributed by atoms with van der Waals surface area (Å²) >= 11 is 5.90. The van der Waals surface area contributed by atoms with E-state index in [1.165, 1.54) is 0 Å². The molecule has 26 heavy (non-hydrogen) atoms. The summed E-state index contributed by atoms with van der Waals surface area (Å²) in [7, 11) is 0. The van der Waals surface area contributed by atoms with E-state index in [-0.39, 0.29) is 12.3 Å². The van der Waals surface area contributed by atoms with Gasteiger partial charge in [0.25, 0.3) is 5.91 Å². The number of carboxylic acid groups (broad SMARTS) is 1.